The van der Waals surface area contributed by atoms with Gasteiger partial charge >= 0.3 is 0 Å². The van der Waals surface area contributed by atoms with E-state index in [1.807, 2.05) is 0 Å². The van der Waals surface area contributed by atoms with E-state index in [9.17, 15) is 13.6 Å². The van der Waals surface area contributed by atoms with Crippen LogP contribution in [0.5, 0.6) is 0 Å². The van der Waals surface area contributed by atoms with Crippen molar-refractivity contribution in [3.05, 3.63) is 71.7 Å². The average molecular weight is 288 g/mol. The molecule has 0 amide bonds. The van der Waals surface area contributed by atoms with Crippen LogP contribution in [0.2, 0.25) is 0 Å². The third-order valence-electron chi connectivity index (χ3n) is 2.80. The summed E-state index contributed by atoms with van der Waals surface area (Å²) in [6.07, 6.45) is 4.00. The minimum absolute atomic E-state index is 0.160. The minimum atomic E-state index is -0.582. The van der Waals surface area contributed by atoms with Crippen molar-refractivity contribution in [2.24, 2.45) is 0 Å². The Balaban J connectivity index is 2.49. The Bertz CT molecular complexity index is 679. The summed E-state index contributed by atoms with van der Waals surface area (Å²) in [5.41, 5.74) is 0.639. The van der Waals surface area contributed by atoms with E-state index in [-0.39, 0.29) is 16.9 Å². The van der Waals surface area contributed by atoms with Crippen LogP contribution in [0.3, 0.4) is 0 Å². The molecule has 0 radical (unpaired) electrons. The highest BCUT2D eigenvalue weighted by molar-refractivity contribution is 6.28. The van der Waals surface area contributed by atoms with Gasteiger partial charge in [0, 0.05) is 43.2 Å². The van der Waals surface area contributed by atoms with Gasteiger partial charge in [-0.2, -0.15) is 0 Å². The molecule has 0 N–H and O–H groups in total. The molecular formula is C16H14F2N2O. The predicted octanol–water partition coefficient (Wildman–Crippen LogP) is 3.15. The topological polar surface area (TPSA) is 33.2 Å². The molecule has 0 fully saturated rings. The van der Waals surface area contributed by atoms with Gasteiger partial charge < -0.3 is 4.90 Å². The van der Waals surface area contributed by atoms with Crippen molar-refractivity contribution in [1.29, 1.82) is 0 Å². The summed E-state index contributed by atoms with van der Waals surface area (Å²) in [4.78, 5) is 17.9. The first-order valence-corrected chi connectivity index (χ1v) is 6.27. The van der Waals surface area contributed by atoms with E-state index in [1.165, 1.54) is 42.7 Å². The minimum Gasteiger partial charge on any atom is -0.383 e. The number of hydrogen-bond acceptors (Lipinski definition) is 3. The first kappa shape index (κ1) is 14.8. The number of rotatable bonds is 4. The van der Waals surface area contributed by atoms with E-state index in [0.717, 1.165) is 6.20 Å². The van der Waals surface area contributed by atoms with Crippen LogP contribution in [0.15, 0.2) is 48.9 Å². The molecule has 0 spiro atoms. The standard InChI is InChI=1S/C16H14F2N2O/c1-20(2)10-14(13-7-8-19-9-15(13)18)16(21)11-3-5-12(17)6-4-11/h3-10H,1-2H3. The number of allylic oxidation sites excluding steroid dienone is 1. The highest BCUT2D eigenvalue weighted by Crippen LogP contribution is 2.22. The van der Waals surface area contributed by atoms with Gasteiger partial charge in [0.2, 0.25) is 0 Å². The number of hydrogen-bond donors (Lipinski definition) is 0. The van der Waals surface area contributed by atoms with Gasteiger partial charge in [-0.25, -0.2) is 8.78 Å². The maximum Gasteiger partial charge on any atom is 0.195 e. The summed E-state index contributed by atoms with van der Waals surface area (Å²) >= 11 is 0. The zero-order chi connectivity index (χ0) is 15.4. The molecule has 0 aliphatic rings. The van der Waals surface area contributed by atoms with E-state index in [1.54, 1.807) is 19.0 Å². The molecule has 3 nitrogen and oxygen atoms in total. The maximum absolute atomic E-state index is 13.9. The third-order valence-corrected chi connectivity index (χ3v) is 2.80. The molecule has 0 aliphatic carbocycles. The highest BCUT2D eigenvalue weighted by atomic mass is 19.1. The Morgan fingerprint density at radius 1 is 1.14 bits per heavy atom. The van der Waals surface area contributed by atoms with E-state index in [2.05, 4.69) is 4.98 Å². The lowest BCUT2D eigenvalue weighted by molar-refractivity contribution is 0.105. The number of pyridine rings is 1. The fraction of sp³-hybridized carbons (Fsp3) is 0.125. The number of Topliss-reactive ketones (excluding diaryl/α,β-unsaturated/α-hetero) is 1. The summed E-state index contributed by atoms with van der Waals surface area (Å²) < 4.78 is 26.8. The Morgan fingerprint density at radius 2 is 1.81 bits per heavy atom. The number of carbonyl (C=O) groups excluding carboxylic acids is 1. The lowest BCUT2D eigenvalue weighted by Crippen LogP contribution is -2.10. The second-order valence-corrected chi connectivity index (χ2v) is 4.70. The van der Waals surface area contributed by atoms with Gasteiger partial charge in [0.1, 0.15) is 11.6 Å². The zero-order valence-electron chi connectivity index (χ0n) is 11.7. The number of benzene rings is 1. The molecule has 21 heavy (non-hydrogen) atoms. The maximum atomic E-state index is 13.9. The van der Waals surface area contributed by atoms with Crippen molar-refractivity contribution >= 4 is 11.4 Å². The zero-order valence-corrected chi connectivity index (χ0v) is 11.7. The van der Waals surface area contributed by atoms with Crippen molar-refractivity contribution in [3.63, 3.8) is 0 Å². The van der Waals surface area contributed by atoms with Gasteiger partial charge in [-0.1, -0.05) is 0 Å². The fourth-order valence-electron chi connectivity index (χ4n) is 1.86. The van der Waals surface area contributed by atoms with Gasteiger partial charge in [-0.3, -0.25) is 9.78 Å². The molecule has 2 rings (SSSR count). The summed E-state index contributed by atoms with van der Waals surface area (Å²) in [6.45, 7) is 0. The number of aromatic nitrogens is 1. The second-order valence-electron chi connectivity index (χ2n) is 4.70. The molecule has 1 heterocycles. The predicted molar refractivity (Wildman–Crippen MR) is 76.6 cm³/mol. The summed E-state index contributed by atoms with van der Waals surface area (Å²) in [5.74, 6) is -1.39. The SMILES string of the molecule is CN(C)C=C(C(=O)c1ccc(F)cc1)c1ccncc1F. The largest absolute Gasteiger partial charge is 0.383 e. The van der Waals surface area contributed by atoms with Gasteiger partial charge in [-0.05, 0) is 30.3 Å². The molecule has 0 bridgehead atoms. The van der Waals surface area contributed by atoms with Gasteiger partial charge in [-0.15, -0.1) is 0 Å². The summed E-state index contributed by atoms with van der Waals surface area (Å²) in [7, 11) is 3.47. The van der Waals surface area contributed by atoms with E-state index in [0.29, 0.717) is 5.56 Å². The van der Waals surface area contributed by atoms with Crippen molar-refractivity contribution in [1.82, 2.24) is 9.88 Å². The van der Waals surface area contributed by atoms with Crippen LogP contribution in [0.4, 0.5) is 8.78 Å². The van der Waals surface area contributed by atoms with Crippen LogP contribution in [0.1, 0.15) is 15.9 Å². The molecule has 0 saturated carbocycles. The van der Waals surface area contributed by atoms with Gasteiger partial charge in [0.25, 0.3) is 0 Å². The quantitative estimate of drug-likeness (QED) is 0.640. The second kappa shape index (κ2) is 6.26. The van der Waals surface area contributed by atoms with Crippen LogP contribution >= 0.6 is 0 Å². The smallest absolute Gasteiger partial charge is 0.195 e. The molecule has 1 aromatic heterocycles. The molecule has 1 aromatic carbocycles. The Hall–Kier alpha value is -2.56. The molecule has 0 atom stereocenters. The van der Waals surface area contributed by atoms with Crippen LogP contribution in [-0.4, -0.2) is 29.8 Å². The van der Waals surface area contributed by atoms with Crippen LogP contribution in [0, 0.1) is 11.6 Å². The Morgan fingerprint density at radius 3 is 2.38 bits per heavy atom. The van der Waals surface area contributed by atoms with E-state index in [4.69, 9.17) is 0 Å². The first-order valence-electron chi connectivity index (χ1n) is 6.27. The summed E-state index contributed by atoms with van der Waals surface area (Å²) in [6, 6.07) is 6.58. The Labute approximate surface area is 121 Å². The number of ketones is 1. The van der Waals surface area contributed by atoms with Crippen LogP contribution < -0.4 is 0 Å². The highest BCUT2D eigenvalue weighted by Gasteiger charge is 2.18. The van der Waals surface area contributed by atoms with Crippen LogP contribution in [-0.2, 0) is 0 Å². The lowest BCUT2D eigenvalue weighted by atomic mass is 9.98. The number of halogens is 2. The van der Waals surface area contributed by atoms with Crippen molar-refractivity contribution in [2.75, 3.05) is 14.1 Å². The first-order chi connectivity index (χ1) is 9.99. The lowest BCUT2D eigenvalue weighted by Gasteiger charge is -2.12. The fourth-order valence-corrected chi connectivity index (χ4v) is 1.86. The average Bonchev–Trinajstić information content (AvgIpc) is 2.45. The number of nitrogens with zero attached hydrogens (tertiary/aromatic N) is 2. The van der Waals surface area contributed by atoms with Crippen molar-refractivity contribution in [2.45, 2.75) is 0 Å². The summed E-state index contributed by atoms with van der Waals surface area (Å²) in [5, 5.41) is 0. The van der Waals surface area contributed by atoms with E-state index >= 15 is 0 Å². The monoisotopic (exact) mass is 288 g/mol. The van der Waals surface area contributed by atoms with Gasteiger partial charge in [0.15, 0.2) is 5.78 Å². The molecule has 5 heteroatoms. The Kier molecular flexibility index (Phi) is 4.42. The van der Waals surface area contributed by atoms with Crippen molar-refractivity contribution in [3.8, 4) is 0 Å². The number of carbonyl (C=O) groups is 1. The van der Waals surface area contributed by atoms with E-state index < -0.39 is 11.6 Å². The molecule has 0 aliphatic heterocycles. The molecular weight excluding hydrogens is 274 g/mol. The molecule has 0 saturated heterocycles. The molecule has 0 unspecified atom stereocenters. The third kappa shape index (κ3) is 3.51. The van der Waals surface area contributed by atoms with Crippen LogP contribution in [0.25, 0.3) is 5.57 Å². The molecule has 2 aromatic rings. The van der Waals surface area contributed by atoms with Gasteiger partial charge in [0.05, 0.1) is 6.20 Å². The van der Waals surface area contributed by atoms with Crippen molar-refractivity contribution < 1.29 is 13.6 Å². The normalized spacial score (nSPS) is 11.3. The molecule has 108 valence electrons.